The largest absolute Gasteiger partial charge is 0.382 e. The summed E-state index contributed by atoms with van der Waals surface area (Å²) >= 11 is 3.34. The summed E-state index contributed by atoms with van der Waals surface area (Å²) in [7, 11) is 1.59. The van der Waals surface area contributed by atoms with E-state index < -0.39 is 0 Å². The predicted octanol–water partition coefficient (Wildman–Crippen LogP) is 2.19. The Morgan fingerprint density at radius 2 is 2.12 bits per heavy atom. The van der Waals surface area contributed by atoms with E-state index in [0.717, 1.165) is 4.47 Å². The Bertz CT molecular complexity index is 360. The Kier molecular flexibility index (Phi) is 6.61. The molecular weight excluding hydrogens is 288 g/mol. The predicted molar refractivity (Wildman–Crippen MR) is 69.0 cm³/mol. The molecule has 0 bridgehead atoms. The number of urea groups is 1. The molecule has 1 aromatic carbocycles. The Morgan fingerprint density at radius 1 is 1.35 bits per heavy atom. The van der Waals surface area contributed by atoms with Gasteiger partial charge in [0.1, 0.15) is 6.73 Å². The van der Waals surface area contributed by atoms with E-state index >= 15 is 0 Å². The summed E-state index contributed by atoms with van der Waals surface area (Å²) < 4.78 is 10.7. The van der Waals surface area contributed by atoms with Gasteiger partial charge >= 0.3 is 6.03 Å². The van der Waals surface area contributed by atoms with E-state index in [1.165, 1.54) is 0 Å². The van der Waals surface area contributed by atoms with Crippen LogP contribution in [0.15, 0.2) is 28.7 Å². The third kappa shape index (κ3) is 5.67. The first-order valence-corrected chi connectivity index (χ1v) is 5.89. The number of halogens is 1. The molecule has 5 nitrogen and oxygen atoms in total. The van der Waals surface area contributed by atoms with Gasteiger partial charge in [-0.25, -0.2) is 4.79 Å². The van der Waals surface area contributed by atoms with Crippen LogP contribution in [0.5, 0.6) is 0 Å². The van der Waals surface area contributed by atoms with E-state index in [1.54, 1.807) is 13.2 Å². The van der Waals surface area contributed by atoms with Crippen molar-refractivity contribution in [1.82, 2.24) is 5.32 Å². The molecule has 0 heterocycles. The third-order valence-corrected chi connectivity index (χ3v) is 2.58. The van der Waals surface area contributed by atoms with E-state index in [1.807, 2.05) is 18.2 Å². The second-order valence-corrected chi connectivity index (χ2v) is 4.01. The fraction of sp³-hybridized carbons (Fsp3) is 0.364. The number of benzene rings is 1. The van der Waals surface area contributed by atoms with Crippen molar-refractivity contribution in [3.05, 3.63) is 28.7 Å². The molecule has 17 heavy (non-hydrogen) atoms. The lowest BCUT2D eigenvalue weighted by Crippen LogP contribution is -2.31. The maximum atomic E-state index is 11.4. The van der Waals surface area contributed by atoms with Crippen LogP contribution in [0.4, 0.5) is 10.5 Å². The van der Waals surface area contributed by atoms with Gasteiger partial charge in [-0.3, -0.25) is 0 Å². The Hall–Kier alpha value is -1.11. The quantitative estimate of drug-likeness (QED) is 0.625. The summed E-state index contributed by atoms with van der Waals surface area (Å²) in [5, 5.41) is 5.26. The van der Waals surface area contributed by atoms with Gasteiger partial charge < -0.3 is 20.1 Å². The number of ether oxygens (including phenoxy) is 2. The number of carbonyl (C=O) groups excluding carboxylic acids is 1. The second-order valence-electron chi connectivity index (χ2n) is 3.16. The van der Waals surface area contributed by atoms with E-state index in [4.69, 9.17) is 9.47 Å². The van der Waals surface area contributed by atoms with Gasteiger partial charge in [-0.05, 0) is 28.1 Å². The molecule has 0 aliphatic heterocycles. The highest BCUT2D eigenvalue weighted by Crippen LogP contribution is 2.20. The molecule has 94 valence electrons. The minimum absolute atomic E-state index is 0.152. The topological polar surface area (TPSA) is 59.6 Å². The van der Waals surface area contributed by atoms with Gasteiger partial charge in [0.2, 0.25) is 0 Å². The highest BCUT2D eigenvalue weighted by Gasteiger charge is 2.03. The molecule has 0 radical (unpaired) electrons. The fourth-order valence-corrected chi connectivity index (χ4v) is 1.44. The van der Waals surface area contributed by atoms with E-state index in [2.05, 4.69) is 26.6 Å². The first kappa shape index (κ1) is 14.0. The maximum Gasteiger partial charge on any atom is 0.321 e. The Labute approximate surface area is 109 Å². The average Bonchev–Trinajstić information content (AvgIpc) is 2.32. The molecule has 0 atom stereocenters. The van der Waals surface area contributed by atoms with Crippen molar-refractivity contribution in [2.45, 2.75) is 0 Å². The van der Waals surface area contributed by atoms with Crippen LogP contribution in [-0.4, -0.2) is 33.1 Å². The van der Waals surface area contributed by atoms with Crippen LogP contribution in [0, 0.1) is 0 Å². The number of hydrogen-bond acceptors (Lipinski definition) is 3. The molecule has 0 fully saturated rings. The summed E-state index contributed by atoms with van der Waals surface area (Å²) in [6.07, 6.45) is 0. The first-order valence-electron chi connectivity index (χ1n) is 5.10. The summed E-state index contributed by atoms with van der Waals surface area (Å²) in [6.45, 7) is 1.11. The lowest BCUT2D eigenvalue weighted by Gasteiger charge is -2.09. The first-order chi connectivity index (χ1) is 8.24. The van der Waals surface area contributed by atoms with Gasteiger partial charge in [-0.15, -0.1) is 0 Å². The van der Waals surface area contributed by atoms with Crippen LogP contribution < -0.4 is 10.6 Å². The zero-order chi connectivity index (χ0) is 12.5. The summed E-state index contributed by atoms with van der Waals surface area (Å²) in [4.78, 5) is 11.4. The zero-order valence-corrected chi connectivity index (χ0v) is 11.1. The van der Waals surface area contributed by atoms with Crippen molar-refractivity contribution in [2.24, 2.45) is 0 Å². The van der Waals surface area contributed by atoms with Crippen LogP contribution in [0.25, 0.3) is 0 Å². The molecule has 0 saturated carbocycles. The van der Waals surface area contributed by atoms with Crippen molar-refractivity contribution >= 4 is 27.6 Å². The van der Waals surface area contributed by atoms with Crippen molar-refractivity contribution in [3.63, 3.8) is 0 Å². The van der Waals surface area contributed by atoms with Crippen LogP contribution in [0.2, 0.25) is 0 Å². The number of carbonyl (C=O) groups is 1. The molecule has 1 rings (SSSR count). The lowest BCUT2D eigenvalue weighted by atomic mass is 10.3. The Morgan fingerprint density at radius 3 is 2.82 bits per heavy atom. The molecule has 1 aromatic rings. The zero-order valence-electron chi connectivity index (χ0n) is 9.53. The molecule has 2 N–H and O–H groups in total. The van der Waals surface area contributed by atoms with Gasteiger partial charge in [-0.1, -0.05) is 12.1 Å². The smallest absolute Gasteiger partial charge is 0.321 e. The van der Waals surface area contributed by atoms with Crippen LogP contribution in [0.1, 0.15) is 0 Å². The van der Waals surface area contributed by atoms with E-state index in [9.17, 15) is 4.79 Å². The normalized spacial score (nSPS) is 10.0. The average molecular weight is 303 g/mol. The van der Waals surface area contributed by atoms with Gasteiger partial charge in [0.15, 0.2) is 0 Å². The van der Waals surface area contributed by atoms with Gasteiger partial charge in [0, 0.05) is 11.6 Å². The summed E-state index contributed by atoms with van der Waals surface area (Å²) in [5.74, 6) is 0. The third-order valence-electron chi connectivity index (χ3n) is 1.89. The minimum Gasteiger partial charge on any atom is -0.382 e. The van der Waals surface area contributed by atoms with Crippen LogP contribution in [0.3, 0.4) is 0 Å². The van der Waals surface area contributed by atoms with Crippen LogP contribution >= 0.6 is 15.9 Å². The van der Waals surface area contributed by atoms with Crippen molar-refractivity contribution < 1.29 is 14.3 Å². The van der Waals surface area contributed by atoms with Crippen molar-refractivity contribution in [1.29, 1.82) is 0 Å². The number of para-hydroxylation sites is 1. The number of nitrogens with one attached hydrogen (secondary N) is 2. The highest BCUT2D eigenvalue weighted by molar-refractivity contribution is 9.10. The molecular formula is C11H15BrN2O3. The monoisotopic (exact) mass is 302 g/mol. The molecule has 0 unspecified atom stereocenters. The highest BCUT2D eigenvalue weighted by atomic mass is 79.9. The SMILES string of the molecule is COCCOCNC(=O)Nc1ccccc1Br. The Balaban J connectivity index is 2.23. The number of methoxy groups -OCH3 is 1. The molecule has 2 amide bonds. The minimum atomic E-state index is -0.311. The van der Waals surface area contributed by atoms with Gasteiger partial charge in [0.25, 0.3) is 0 Å². The maximum absolute atomic E-state index is 11.4. The summed E-state index contributed by atoms with van der Waals surface area (Å²) in [5.41, 5.74) is 0.710. The van der Waals surface area contributed by atoms with E-state index in [0.29, 0.717) is 18.9 Å². The van der Waals surface area contributed by atoms with Crippen molar-refractivity contribution in [3.8, 4) is 0 Å². The van der Waals surface area contributed by atoms with Gasteiger partial charge in [-0.2, -0.15) is 0 Å². The number of rotatable bonds is 6. The number of hydrogen-bond donors (Lipinski definition) is 2. The second kappa shape index (κ2) is 8.05. The van der Waals surface area contributed by atoms with Crippen molar-refractivity contribution in [2.75, 3.05) is 32.4 Å². The molecule has 0 saturated heterocycles. The molecule has 0 aromatic heterocycles. The summed E-state index contributed by atoms with van der Waals surface area (Å²) in [6, 6.07) is 7.06. The fourth-order valence-electron chi connectivity index (χ4n) is 1.06. The molecule has 0 spiro atoms. The van der Waals surface area contributed by atoms with E-state index in [-0.39, 0.29) is 12.8 Å². The molecule has 0 aliphatic rings. The lowest BCUT2D eigenvalue weighted by molar-refractivity contribution is 0.0650. The number of anilines is 1. The standard InChI is InChI=1S/C11H15BrN2O3/c1-16-6-7-17-8-13-11(15)14-10-5-3-2-4-9(10)12/h2-5H,6-8H2,1H3,(H2,13,14,15). The van der Waals surface area contributed by atoms with Crippen LogP contribution in [-0.2, 0) is 9.47 Å². The molecule has 6 heteroatoms. The number of amides is 2. The van der Waals surface area contributed by atoms with Gasteiger partial charge in [0.05, 0.1) is 18.9 Å². The molecule has 0 aliphatic carbocycles.